The Morgan fingerprint density at radius 3 is 2.10 bits per heavy atom. The van der Waals surface area contributed by atoms with E-state index in [-0.39, 0.29) is 32.5 Å². The number of ether oxygens (including phenoxy) is 2. The molecule has 0 spiro atoms. The van der Waals surface area contributed by atoms with Crippen LogP contribution in [0.5, 0.6) is 0 Å². The summed E-state index contributed by atoms with van der Waals surface area (Å²) in [4.78, 5) is 24.7. The quantitative estimate of drug-likeness (QED) is 0.228. The first-order chi connectivity index (χ1) is 18.8. The summed E-state index contributed by atoms with van der Waals surface area (Å²) in [6.07, 6.45) is 1.06. The van der Waals surface area contributed by atoms with Crippen LogP contribution in [0.25, 0.3) is 11.1 Å². The number of carbonyl (C=O) groups excluding carboxylic acids is 2. The number of para-hydroxylation sites is 1. The molecule has 1 fully saturated rings. The molecular weight excluding hydrogens is 511 g/mol. The van der Waals surface area contributed by atoms with Crippen LogP contribution in [0.3, 0.4) is 0 Å². The maximum Gasteiger partial charge on any atom is 0.490 e. The lowest BCUT2D eigenvalue weighted by molar-refractivity contribution is -0.206. The number of nitrogens with zero attached hydrogens (tertiary/aromatic N) is 2. The van der Waals surface area contributed by atoms with Gasteiger partial charge in [-0.2, -0.15) is 13.2 Å². The van der Waals surface area contributed by atoms with Gasteiger partial charge in [0, 0.05) is 18.7 Å². The normalized spacial score (nSPS) is 14.7. The second-order valence-electron chi connectivity index (χ2n) is 9.63. The fourth-order valence-electron chi connectivity index (χ4n) is 4.62. The van der Waals surface area contributed by atoms with Crippen molar-refractivity contribution in [2.45, 2.75) is 70.1 Å². The minimum atomic E-state index is -5.04. The van der Waals surface area contributed by atoms with E-state index in [0.717, 1.165) is 62.6 Å². The van der Waals surface area contributed by atoms with Crippen molar-refractivity contribution in [1.82, 2.24) is 5.01 Å². The van der Waals surface area contributed by atoms with Gasteiger partial charge < -0.3 is 15.2 Å². The number of unbranched alkanes of at least 4 members (excludes halogenated alkanes) is 6. The molecule has 0 aromatic heterocycles. The van der Waals surface area contributed by atoms with Gasteiger partial charge in [-0.05, 0) is 43.9 Å². The summed E-state index contributed by atoms with van der Waals surface area (Å²) >= 11 is 0. The summed E-state index contributed by atoms with van der Waals surface area (Å²) in [5, 5.41) is 3.22. The van der Waals surface area contributed by atoms with E-state index >= 15 is 0 Å². The molecule has 0 aliphatic carbocycles. The Bertz CT molecular complexity index is 1030. The molecule has 1 heterocycles. The SMILES string of the molecule is NCCCCCCCCCOC(=O)N(c1ccccc1-c1ccccc1)N1CCC(OC(=O)C(F)(F)F)CC1. The van der Waals surface area contributed by atoms with Crippen molar-refractivity contribution in [2.24, 2.45) is 5.73 Å². The van der Waals surface area contributed by atoms with Gasteiger partial charge in [-0.25, -0.2) is 19.6 Å². The van der Waals surface area contributed by atoms with Gasteiger partial charge >= 0.3 is 18.2 Å². The van der Waals surface area contributed by atoms with Crippen molar-refractivity contribution in [3.63, 3.8) is 0 Å². The minimum absolute atomic E-state index is 0.156. The average molecular weight is 550 g/mol. The predicted octanol–water partition coefficient (Wildman–Crippen LogP) is 6.47. The maximum atomic E-state index is 13.4. The van der Waals surface area contributed by atoms with Crippen molar-refractivity contribution < 1.29 is 32.2 Å². The molecule has 2 aromatic carbocycles. The number of hydrogen-bond donors (Lipinski definition) is 1. The lowest BCUT2D eigenvalue weighted by atomic mass is 10.0. The molecule has 2 N–H and O–H groups in total. The zero-order valence-electron chi connectivity index (χ0n) is 22.2. The van der Waals surface area contributed by atoms with Gasteiger partial charge in [0.05, 0.1) is 12.3 Å². The summed E-state index contributed by atoms with van der Waals surface area (Å²) in [5.74, 6) is -2.19. The molecule has 7 nitrogen and oxygen atoms in total. The lowest BCUT2D eigenvalue weighted by Gasteiger charge is -2.39. The molecule has 10 heteroatoms. The number of benzene rings is 2. The highest BCUT2D eigenvalue weighted by Crippen LogP contribution is 2.33. The molecule has 2 aromatic rings. The van der Waals surface area contributed by atoms with Crippen LogP contribution in [0.4, 0.5) is 23.7 Å². The molecule has 214 valence electrons. The van der Waals surface area contributed by atoms with E-state index in [2.05, 4.69) is 4.74 Å². The second-order valence-corrected chi connectivity index (χ2v) is 9.63. The van der Waals surface area contributed by atoms with Crippen LogP contribution in [-0.4, -0.2) is 55.6 Å². The van der Waals surface area contributed by atoms with Gasteiger partial charge in [0.25, 0.3) is 0 Å². The molecule has 1 saturated heterocycles. The van der Waals surface area contributed by atoms with Crippen LogP contribution in [0.2, 0.25) is 0 Å². The van der Waals surface area contributed by atoms with Crippen LogP contribution in [0.15, 0.2) is 54.6 Å². The molecule has 0 unspecified atom stereocenters. The van der Waals surface area contributed by atoms with Crippen molar-refractivity contribution >= 4 is 17.7 Å². The molecule has 0 saturated carbocycles. The molecule has 0 bridgehead atoms. The minimum Gasteiger partial charge on any atom is -0.456 e. The van der Waals surface area contributed by atoms with Gasteiger partial charge in [-0.3, -0.25) is 0 Å². The number of carbonyl (C=O) groups is 2. The number of anilines is 1. The third kappa shape index (κ3) is 9.54. The number of alkyl halides is 3. The smallest absolute Gasteiger partial charge is 0.456 e. The topological polar surface area (TPSA) is 85.1 Å². The molecule has 1 amide bonds. The number of hydrazine groups is 1. The van der Waals surface area contributed by atoms with E-state index in [1.54, 1.807) is 5.01 Å². The van der Waals surface area contributed by atoms with Crippen LogP contribution in [0, 0.1) is 0 Å². The van der Waals surface area contributed by atoms with Gasteiger partial charge in [0.2, 0.25) is 0 Å². The number of esters is 1. The third-order valence-electron chi connectivity index (χ3n) is 6.67. The molecule has 39 heavy (non-hydrogen) atoms. The Kier molecular flexibility index (Phi) is 12.1. The Labute approximate surface area is 228 Å². The van der Waals surface area contributed by atoms with Crippen LogP contribution < -0.4 is 10.7 Å². The molecule has 0 radical (unpaired) electrons. The summed E-state index contributed by atoms with van der Waals surface area (Å²) in [5.41, 5.74) is 7.86. The van der Waals surface area contributed by atoms with Crippen molar-refractivity contribution in [3.8, 4) is 11.1 Å². The first kappa shape index (κ1) is 30.4. The van der Waals surface area contributed by atoms with Crippen LogP contribution >= 0.6 is 0 Å². The number of halogens is 3. The summed E-state index contributed by atoms with van der Waals surface area (Å²) in [6, 6.07) is 17.0. The fourth-order valence-corrected chi connectivity index (χ4v) is 4.62. The molecule has 1 aliphatic rings. The van der Waals surface area contributed by atoms with E-state index in [4.69, 9.17) is 10.5 Å². The van der Waals surface area contributed by atoms with E-state index in [0.29, 0.717) is 5.69 Å². The van der Waals surface area contributed by atoms with E-state index < -0.39 is 24.3 Å². The van der Waals surface area contributed by atoms with Crippen molar-refractivity contribution in [1.29, 1.82) is 0 Å². The van der Waals surface area contributed by atoms with E-state index in [1.807, 2.05) is 54.6 Å². The molecular formula is C29H38F3N3O4. The average Bonchev–Trinajstić information content (AvgIpc) is 2.93. The third-order valence-corrected chi connectivity index (χ3v) is 6.67. The molecule has 1 aliphatic heterocycles. The first-order valence-electron chi connectivity index (χ1n) is 13.7. The first-order valence-corrected chi connectivity index (χ1v) is 13.7. The Morgan fingerprint density at radius 2 is 1.46 bits per heavy atom. The second kappa shape index (κ2) is 15.5. The highest BCUT2D eigenvalue weighted by molar-refractivity contribution is 5.93. The highest BCUT2D eigenvalue weighted by atomic mass is 19.4. The van der Waals surface area contributed by atoms with E-state index in [9.17, 15) is 22.8 Å². The molecule has 0 atom stereocenters. The lowest BCUT2D eigenvalue weighted by Crippen LogP contribution is -2.52. The number of rotatable bonds is 13. The van der Waals surface area contributed by atoms with E-state index in [1.165, 1.54) is 5.01 Å². The Hall–Kier alpha value is -3.11. The van der Waals surface area contributed by atoms with Crippen molar-refractivity contribution in [3.05, 3.63) is 54.6 Å². The Balaban J connectivity index is 1.67. The van der Waals surface area contributed by atoms with Gasteiger partial charge in [-0.1, -0.05) is 80.6 Å². The molecule has 3 rings (SSSR count). The standard InChI is InChI=1S/C29H38F3N3O4/c30-29(31,32)27(36)39-24-17-20-34(21-18-24)35(28(37)38-22-12-5-3-1-2-4-11-19-33)26-16-10-9-15-25(26)23-13-7-6-8-14-23/h6-10,13-16,24H,1-5,11-12,17-22,33H2. The van der Waals surface area contributed by atoms with Crippen LogP contribution in [-0.2, 0) is 14.3 Å². The van der Waals surface area contributed by atoms with Gasteiger partial charge in [0.15, 0.2) is 0 Å². The zero-order valence-corrected chi connectivity index (χ0v) is 22.2. The monoisotopic (exact) mass is 549 g/mol. The zero-order chi connectivity index (χ0) is 28.1. The highest BCUT2D eigenvalue weighted by Gasteiger charge is 2.43. The Morgan fingerprint density at radius 1 is 0.872 bits per heavy atom. The fraction of sp³-hybridized carbons (Fsp3) is 0.517. The summed E-state index contributed by atoms with van der Waals surface area (Å²) in [6.45, 7) is 1.43. The number of nitrogens with two attached hydrogens (primary N) is 1. The predicted molar refractivity (Wildman–Crippen MR) is 144 cm³/mol. The summed E-state index contributed by atoms with van der Waals surface area (Å²) in [7, 11) is 0. The summed E-state index contributed by atoms with van der Waals surface area (Å²) < 4.78 is 48.3. The van der Waals surface area contributed by atoms with Crippen LogP contribution in [0.1, 0.15) is 57.8 Å². The maximum absolute atomic E-state index is 13.4. The van der Waals surface area contributed by atoms with Gasteiger partial charge in [-0.15, -0.1) is 0 Å². The van der Waals surface area contributed by atoms with Crippen molar-refractivity contribution in [2.75, 3.05) is 31.3 Å². The number of hydrogen-bond acceptors (Lipinski definition) is 6. The number of amides is 1. The largest absolute Gasteiger partial charge is 0.490 e. The number of piperidine rings is 1. The van der Waals surface area contributed by atoms with Gasteiger partial charge in [0.1, 0.15) is 6.10 Å².